The van der Waals surface area contributed by atoms with Crippen LogP contribution < -0.4 is 20.9 Å². The van der Waals surface area contributed by atoms with Crippen molar-refractivity contribution in [2.75, 3.05) is 22.6 Å². The molecule has 30 heavy (non-hydrogen) atoms. The Bertz CT molecular complexity index is 1000. The molecule has 0 aliphatic heterocycles. The summed E-state index contributed by atoms with van der Waals surface area (Å²) in [5, 5.41) is 8.48. The summed E-state index contributed by atoms with van der Waals surface area (Å²) in [6.45, 7) is 3.78. The van der Waals surface area contributed by atoms with Gasteiger partial charge in [-0.1, -0.05) is 30.3 Å². The van der Waals surface area contributed by atoms with Crippen LogP contribution in [0, 0.1) is 0 Å². The Kier molecular flexibility index (Phi) is 6.70. The van der Waals surface area contributed by atoms with Crippen LogP contribution in [0.1, 0.15) is 24.2 Å². The van der Waals surface area contributed by atoms with Gasteiger partial charge in [0.15, 0.2) is 0 Å². The highest BCUT2D eigenvalue weighted by Gasteiger charge is 2.13. The van der Waals surface area contributed by atoms with Crippen molar-refractivity contribution < 1.29 is 9.59 Å². The van der Waals surface area contributed by atoms with Crippen LogP contribution in [-0.4, -0.2) is 25.0 Å². The fourth-order valence-electron chi connectivity index (χ4n) is 2.99. The first-order chi connectivity index (χ1) is 14.4. The molecule has 0 radical (unpaired) electrons. The normalized spacial score (nSPS) is 10.4. The molecule has 0 saturated carbocycles. The molecule has 0 spiro atoms. The minimum Gasteiger partial charge on any atom is -0.343 e. The van der Waals surface area contributed by atoms with Gasteiger partial charge in [-0.25, -0.2) is 4.79 Å². The first-order valence-corrected chi connectivity index (χ1v) is 9.81. The standard InChI is InChI=1S/C24H26N4O2/c1-17(2)25-24(30)26-19-15-13-18(14-16-19)23(29)27-21-11-7-8-12-22(21)28(3)20-9-5-4-6-10-20/h4-17H,1-3H3,(H,27,29)(H2,25,26,30). The number of amides is 3. The minimum absolute atomic E-state index is 0.0455. The summed E-state index contributed by atoms with van der Waals surface area (Å²) in [7, 11) is 1.96. The second-order valence-electron chi connectivity index (χ2n) is 7.20. The molecule has 6 nitrogen and oxygen atoms in total. The van der Waals surface area contributed by atoms with Crippen LogP contribution in [0.4, 0.5) is 27.5 Å². The molecule has 0 aromatic heterocycles. The maximum atomic E-state index is 12.8. The fraction of sp³-hybridized carbons (Fsp3) is 0.167. The van der Waals surface area contributed by atoms with Crippen molar-refractivity contribution in [3.05, 3.63) is 84.4 Å². The number of carbonyl (C=O) groups is 2. The first kappa shape index (κ1) is 20.9. The second kappa shape index (κ2) is 9.60. The molecular weight excluding hydrogens is 376 g/mol. The highest BCUT2D eigenvalue weighted by molar-refractivity contribution is 6.06. The predicted octanol–water partition coefficient (Wildman–Crippen LogP) is 5.24. The molecule has 0 unspecified atom stereocenters. The molecule has 3 aromatic carbocycles. The number of hydrogen-bond acceptors (Lipinski definition) is 3. The monoisotopic (exact) mass is 402 g/mol. The molecule has 6 heteroatoms. The molecule has 154 valence electrons. The van der Waals surface area contributed by atoms with Crippen molar-refractivity contribution in [3.63, 3.8) is 0 Å². The molecule has 3 rings (SSSR count). The Labute approximate surface area is 176 Å². The van der Waals surface area contributed by atoms with E-state index in [2.05, 4.69) is 16.0 Å². The number of para-hydroxylation sites is 3. The van der Waals surface area contributed by atoms with Gasteiger partial charge in [0.05, 0.1) is 11.4 Å². The zero-order valence-corrected chi connectivity index (χ0v) is 17.3. The van der Waals surface area contributed by atoms with Gasteiger partial charge in [0.25, 0.3) is 5.91 Å². The second-order valence-corrected chi connectivity index (χ2v) is 7.20. The Balaban J connectivity index is 1.71. The van der Waals surface area contributed by atoms with Crippen LogP contribution in [0.5, 0.6) is 0 Å². The lowest BCUT2D eigenvalue weighted by Gasteiger charge is -2.22. The molecule has 0 saturated heterocycles. The van der Waals surface area contributed by atoms with Crippen LogP contribution in [-0.2, 0) is 0 Å². The van der Waals surface area contributed by atoms with Gasteiger partial charge in [-0.3, -0.25) is 4.79 Å². The molecule has 0 fully saturated rings. The SMILES string of the molecule is CC(C)NC(=O)Nc1ccc(C(=O)Nc2ccccc2N(C)c2ccccc2)cc1. The lowest BCUT2D eigenvalue weighted by atomic mass is 10.1. The third kappa shape index (κ3) is 5.38. The maximum Gasteiger partial charge on any atom is 0.319 e. The number of rotatable bonds is 6. The van der Waals surface area contributed by atoms with E-state index in [0.717, 1.165) is 11.4 Å². The molecule has 0 atom stereocenters. The lowest BCUT2D eigenvalue weighted by molar-refractivity contribution is 0.102. The number of urea groups is 1. The molecule has 0 aliphatic carbocycles. The van der Waals surface area contributed by atoms with Crippen molar-refractivity contribution >= 4 is 34.7 Å². The molecule has 3 amide bonds. The summed E-state index contributed by atoms with van der Waals surface area (Å²) in [5.74, 6) is -0.220. The summed E-state index contributed by atoms with van der Waals surface area (Å²) in [4.78, 5) is 26.6. The van der Waals surface area contributed by atoms with Crippen LogP contribution in [0.15, 0.2) is 78.9 Å². The van der Waals surface area contributed by atoms with E-state index in [-0.39, 0.29) is 18.0 Å². The topological polar surface area (TPSA) is 73.5 Å². The van der Waals surface area contributed by atoms with E-state index in [9.17, 15) is 9.59 Å². The van der Waals surface area contributed by atoms with E-state index in [1.165, 1.54) is 0 Å². The third-order valence-electron chi connectivity index (χ3n) is 4.48. The van der Waals surface area contributed by atoms with Gasteiger partial charge in [0.1, 0.15) is 0 Å². The van der Waals surface area contributed by atoms with Crippen molar-refractivity contribution in [1.82, 2.24) is 5.32 Å². The van der Waals surface area contributed by atoms with E-state index in [0.29, 0.717) is 16.9 Å². The van der Waals surface area contributed by atoms with Crippen molar-refractivity contribution in [2.24, 2.45) is 0 Å². The Hall–Kier alpha value is -3.80. The third-order valence-corrected chi connectivity index (χ3v) is 4.48. The smallest absolute Gasteiger partial charge is 0.319 e. The minimum atomic E-state index is -0.278. The lowest BCUT2D eigenvalue weighted by Crippen LogP contribution is -2.34. The van der Waals surface area contributed by atoms with Gasteiger partial charge in [-0.15, -0.1) is 0 Å². The number of hydrogen-bond donors (Lipinski definition) is 3. The quantitative estimate of drug-likeness (QED) is 0.528. The Morgan fingerprint density at radius 3 is 2.10 bits per heavy atom. The molecule has 0 aliphatic rings. The van der Waals surface area contributed by atoms with Gasteiger partial charge in [-0.05, 0) is 62.4 Å². The summed E-state index contributed by atoms with van der Waals surface area (Å²) in [6, 6.07) is 24.2. The zero-order valence-electron chi connectivity index (χ0n) is 17.3. The molecular formula is C24H26N4O2. The van der Waals surface area contributed by atoms with Gasteiger partial charge in [-0.2, -0.15) is 0 Å². The van der Waals surface area contributed by atoms with Crippen LogP contribution >= 0.6 is 0 Å². The van der Waals surface area contributed by atoms with E-state index in [1.54, 1.807) is 24.3 Å². The zero-order chi connectivity index (χ0) is 21.5. The predicted molar refractivity (Wildman–Crippen MR) is 123 cm³/mol. The largest absolute Gasteiger partial charge is 0.343 e. The van der Waals surface area contributed by atoms with Gasteiger partial charge in [0, 0.05) is 30.0 Å². The average Bonchev–Trinajstić information content (AvgIpc) is 2.74. The summed E-state index contributed by atoms with van der Waals surface area (Å²) in [6.07, 6.45) is 0. The molecule has 3 N–H and O–H groups in total. The highest BCUT2D eigenvalue weighted by Crippen LogP contribution is 2.30. The number of anilines is 4. The average molecular weight is 402 g/mol. The molecule has 3 aromatic rings. The number of benzene rings is 3. The van der Waals surface area contributed by atoms with E-state index >= 15 is 0 Å². The van der Waals surface area contributed by atoms with E-state index in [4.69, 9.17) is 0 Å². The number of carbonyl (C=O) groups excluding carboxylic acids is 2. The number of nitrogens with zero attached hydrogens (tertiary/aromatic N) is 1. The van der Waals surface area contributed by atoms with Crippen LogP contribution in [0.3, 0.4) is 0 Å². The van der Waals surface area contributed by atoms with Gasteiger partial charge >= 0.3 is 6.03 Å². The highest BCUT2D eigenvalue weighted by atomic mass is 16.2. The van der Waals surface area contributed by atoms with Crippen LogP contribution in [0.25, 0.3) is 0 Å². The Morgan fingerprint density at radius 1 is 0.800 bits per heavy atom. The van der Waals surface area contributed by atoms with Crippen molar-refractivity contribution in [1.29, 1.82) is 0 Å². The molecule has 0 bridgehead atoms. The van der Waals surface area contributed by atoms with Crippen LogP contribution in [0.2, 0.25) is 0 Å². The molecule has 0 heterocycles. The first-order valence-electron chi connectivity index (χ1n) is 9.81. The van der Waals surface area contributed by atoms with Gasteiger partial charge in [0.2, 0.25) is 0 Å². The number of nitrogens with one attached hydrogen (secondary N) is 3. The summed E-state index contributed by atoms with van der Waals surface area (Å²) >= 11 is 0. The van der Waals surface area contributed by atoms with E-state index < -0.39 is 0 Å². The van der Waals surface area contributed by atoms with E-state index in [1.807, 2.05) is 80.4 Å². The fourth-order valence-corrected chi connectivity index (χ4v) is 2.99. The summed E-state index contributed by atoms with van der Waals surface area (Å²) in [5.41, 5.74) is 3.75. The maximum absolute atomic E-state index is 12.8. The summed E-state index contributed by atoms with van der Waals surface area (Å²) < 4.78 is 0. The Morgan fingerprint density at radius 2 is 1.43 bits per heavy atom. The van der Waals surface area contributed by atoms with Gasteiger partial charge < -0.3 is 20.9 Å². The van der Waals surface area contributed by atoms with Crippen molar-refractivity contribution in [3.8, 4) is 0 Å². The van der Waals surface area contributed by atoms with Crippen molar-refractivity contribution in [2.45, 2.75) is 19.9 Å².